The van der Waals surface area contributed by atoms with Crippen LogP contribution in [0.5, 0.6) is 5.75 Å². The summed E-state index contributed by atoms with van der Waals surface area (Å²) in [6, 6.07) is 30.2. The lowest BCUT2D eigenvalue weighted by atomic mass is 10.0. The zero-order chi connectivity index (χ0) is 38.7. The second kappa shape index (κ2) is 15.6. The first-order chi connectivity index (χ1) is 26.4. The van der Waals surface area contributed by atoms with Crippen molar-refractivity contribution in [1.29, 1.82) is 0 Å². The lowest BCUT2D eigenvalue weighted by Gasteiger charge is -2.25. The lowest BCUT2D eigenvalue weighted by Crippen LogP contribution is -2.42. The van der Waals surface area contributed by atoms with E-state index in [1.54, 1.807) is 23.1 Å². The van der Waals surface area contributed by atoms with Crippen LogP contribution in [0.15, 0.2) is 108 Å². The van der Waals surface area contributed by atoms with E-state index in [1.807, 2.05) is 98.5 Å². The molecule has 4 aromatic rings. The third-order valence-electron chi connectivity index (χ3n) is 9.45. The maximum absolute atomic E-state index is 14.0. The summed E-state index contributed by atoms with van der Waals surface area (Å²) in [5.41, 5.74) is 9.66. The molecule has 3 aliphatic heterocycles. The number of likely N-dealkylation sites (tertiary alicyclic amines) is 1. The number of aliphatic imine (C=N–C) groups is 1. The van der Waals surface area contributed by atoms with Crippen molar-refractivity contribution in [3.05, 3.63) is 137 Å². The summed E-state index contributed by atoms with van der Waals surface area (Å²) in [4.78, 5) is 67.3. The number of carbonyl (C=O) groups excluding carboxylic acids is 4. The van der Waals surface area contributed by atoms with Gasteiger partial charge in [0.15, 0.2) is 12.1 Å². The van der Waals surface area contributed by atoms with Crippen molar-refractivity contribution < 1.29 is 38.2 Å². The van der Waals surface area contributed by atoms with Crippen molar-refractivity contribution in [3.63, 3.8) is 0 Å². The van der Waals surface area contributed by atoms with Crippen LogP contribution in [0.25, 0.3) is 0 Å². The third kappa shape index (κ3) is 8.47. The fourth-order valence-corrected chi connectivity index (χ4v) is 6.71. The zero-order valence-corrected chi connectivity index (χ0v) is 30.9. The summed E-state index contributed by atoms with van der Waals surface area (Å²) in [6.07, 6.45) is -1.98. The number of carbonyl (C=O) groups is 4. The fraction of sp³-hybridized carbons (Fsp3) is 0.310. The predicted octanol–water partition coefficient (Wildman–Crippen LogP) is 5.63. The van der Waals surface area contributed by atoms with E-state index in [-0.39, 0.29) is 29.9 Å². The van der Waals surface area contributed by atoms with Crippen LogP contribution in [0.2, 0.25) is 0 Å². The molecule has 3 aliphatic rings. The first-order valence-electron chi connectivity index (χ1n) is 18.2. The van der Waals surface area contributed by atoms with Crippen molar-refractivity contribution in [1.82, 2.24) is 14.9 Å². The Morgan fingerprint density at radius 1 is 0.818 bits per heavy atom. The van der Waals surface area contributed by atoms with Gasteiger partial charge in [-0.3, -0.25) is 9.59 Å². The van der Waals surface area contributed by atoms with Gasteiger partial charge in [-0.25, -0.2) is 19.4 Å². The smallest absolute Gasteiger partial charge is 0.410 e. The number of hydrogen-bond donors (Lipinski definition) is 1. The Balaban J connectivity index is 1.05. The number of esters is 1. The topological polar surface area (TPSA) is 153 Å². The number of nitrogens with zero attached hydrogens (tertiary/aromatic N) is 4. The Labute approximate surface area is 319 Å². The maximum Gasteiger partial charge on any atom is 0.410 e. The van der Waals surface area contributed by atoms with Gasteiger partial charge >= 0.3 is 12.1 Å². The highest BCUT2D eigenvalue weighted by Gasteiger charge is 2.41. The van der Waals surface area contributed by atoms with E-state index in [9.17, 15) is 19.2 Å². The summed E-state index contributed by atoms with van der Waals surface area (Å²) in [7, 11) is 0. The number of fused-ring (bicyclic) bond motifs is 2. The first-order valence-corrected chi connectivity index (χ1v) is 18.2. The van der Waals surface area contributed by atoms with Crippen LogP contribution in [0.4, 0.5) is 4.79 Å². The second-order valence-electron chi connectivity index (χ2n) is 14.6. The Kier molecular flexibility index (Phi) is 10.6. The SMILES string of the molecule is CC(C)(C)OC(=O)N1CC[C@@H](N=C(N)N2Cc3ccc(OC[C@H](ON4C(=O)c5ccccc5C4=O)C(=O)OC(c4ccccc4)c4ccccc4)cc3C2)C1. The number of amides is 3. The predicted molar refractivity (Wildman–Crippen MR) is 202 cm³/mol. The minimum Gasteiger partial charge on any atom is -0.490 e. The van der Waals surface area contributed by atoms with Crippen molar-refractivity contribution in [2.45, 2.75) is 64.1 Å². The molecular formula is C42H43N5O8. The van der Waals surface area contributed by atoms with E-state index in [0.29, 0.717) is 49.4 Å². The Bertz CT molecular complexity index is 2030. The highest BCUT2D eigenvalue weighted by Crippen LogP contribution is 2.30. The van der Waals surface area contributed by atoms with Gasteiger partial charge in [0.05, 0.1) is 17.2 Å². The highest BCUT2D eigenvalue weighted by molar-refractivity contribution is 6.20. The number of benzene rings is 4. The molecule has 55 heavy (non-hydrogen) atoms. The lowest BCUT2D eigenvalue weighted by molar-refractivity contribution is -0.187. The number of guanidine groups is 1. The fourth-order valence-electron chi connectivity index (χ4n) is 6.71. The minimum absolute atomic E-state index is 0.141. The molecule has 2 N–H and O–H groups in total. The quantitative estimate of drug-likeness (QED) is 0.0935. The van der Waals surface area contributed by atoms with E-state index in [4.69, 9.17) is 29.8 Å². The monoisotopic (exact) mass is 745 g/mol. The summed E-state index contributed by atoms with van der Waals surface area (Å²) in [5.74, 6) is -1.39. The van der Waals surface area contributed by atoms with Crippen molar-refractivity contribution in [2.24, 2.45) is 10.7 Å². The van der Waals surface area contributed by atoms with Gasteiger partial charge in [-0.1, -0.05) is 78.9 Å². The van der Waals surface area contributed by atoms with Gasteiger partial charge in [-0.2, -0.15) is 0 Å². The van der Waals surface area contributed by atoms with E-state index in [0.717, 1.165) is 22.3 Å². The summed E-state index contributed by atoms with van der Waals surface area (Å²) < 4.78 is 17.7. The average molecular weight is 746 g/mol. The molecule has 0 aromatic heterocycles. The molecule has 284 valence electrons. The molecule has 1 fully saturated rings. The zero-order valence-electron chi connectivity index (χ0n) is 30.9. The van der Waals surface area contributed by atoms with Gasteiger partial charge in [0, 0.05) is 26.2 Å². The number of hydroxylamine groups is 2. The van der Waals surface area contributed by atoms with E-state index in [1.165, 1.54) is 12.1 Å². The molecular weight excluding hydrogens is 702 g/mol. The molecule has 0 unspecified atom stereocenters. The van der Waals surface area contributed by atoms with Crippen LogP contribution in [0.3, 0.4) is 0 Å². The third-order valence-corrected chi connectivity index (χ3v) is 9.45. The molecule has 0 radical (unpaired) electrons. The Morgan fingerprint density at radius 3 is 2.04 bits per heavy atom. The maximum atomic E-state index is 14.0. The van der Waals surface area contributed by atoms with E-state index in [2.05, 4.69) is 0 Å². The van der Waals surface area contributed by atoms with Gasteiger partial charge in [0.2, 0.25) is 6.10 Å². The van der Waals surface area contributed by atoms with Crippen LogP contribution in [-0.4, -0.2) is 82.1 Å². The summed E-state index contributed by atoms with van der Waals surface area (Å²) in [5, 5.41) is 0.597. The van der Waals surface area contributed by atoms with Crippen LogP contribution < -0.4 is 10.5 Å². The van der Waals surface area contributed by atoms with E-state index >= 15 is 0 Å². The minimum atomic E-state index is -1.50. The molecule has 0 aliphatic carbocycles. The van der Waals surface area contributed by atoms with Gasteiger partial charge in [0.25, 0.3) is 11.8 Å². The molecule has 3 amide bonds. The number of imide groups is 1. The summed E-state index contributed by atoms with van der Waals surface area (Å²) in [6.45, 7) is 7.11. The Morgan fingerprint density at radius 2 is 1.42 bits per heavy atom. The molecule has 0 spiro atoms. The number of ether oxygens (including phenoxy) is 3. The van der Waals surface area contributed by atoms with Gasteiger partial charge in [-0.15, -0.1) is 5.06 Å². The molecule has 13 heteroatoms. The van der Waals surface area contributed by atoms with Gasteiger partial charge in [-0.05, 0) is 73.7 Å². The van der Waals surface area contributed by atoms with Crippen LogP contribution in [-0.2, 0) is 32.2 Å². The molecule has 4 aromatic carbocycles. The van der Waals surface area contributed by atoms with Crippen molar-refractivity contribution in [2.75, 3.05) is 19.7 Å². The first kappa shape index (κ1) is 37.1. The largest absolute Gasteiger partial charge is 0.490 e. The molecule has 13 nitrogen and oxygen atoms in total. The van der Waals surface area contributed by atoms with Crippen LogP contribution >= 0.6 is 0 Å². The molecule has 2 atom stereocenters. The van der Waals surface area contributed by atoms with E-state index < -0.39 is 35.6 Å². The number of hydrogen-bond acceptors (Lipinski definition) is 9. The van der Waals surface area contributed by atoms with Gasteiger partial charge < -0.3 is 29.7 Å². The standard InChI is InChI=1S/C42H43N5O8/c1-42(2,3)54-41(51)45-21-20-31(25-45)44-40(43)46-23-29-18-19-32(22-30(29)24-46)52-26-35(55-47-37(48)33-16-10-11-17-34(33)38(47)49)39(50)53-36(27-12-6-4-7-13-27)28-14-8-5-9-15-28/h4-19,22,31,35-36H,20-21,23-26H2,1-3H3,(H2,43,44)/t31-,35+/m1/s1. The Hall–Kier alpha value is -6.21. The molecule has 0 saturated carbocycles. The number of rotatable bonds is 10. The van der Waals surface area contributed by atoms with Crippen molar-refractivity contribution >= 4 is 29.8 Å². The molecule has 1 saturated heterocycles. The molecule has 7 rings (SSSR count). The van der Waals surface area contributed by atoms with Gasteiger partial charge in [0.1, 0.15) is 18.0 Å². The van der Waals surface area contributed by atoms with Crippen LogP contribution in [0.1, 0.15) is 76.3 Å². The summed E-state index contributed by atoms with van der Waals surface area (Å²) >= 11 is 0. The number of nitrogens with two attached hydrogens (primary N) is 1. The van der Waals surface area contributed by atoms with Crippen LogP contribution in [0, 0.1) is 0 Å². The second-order valence-corrected chi connectivity index (χ2v) is 14.6. The average Bonchev–Trinajstić information content (AvgIpc) is 3.89. The van der Waals surface area contributed by atoms with Crippen molar-refractivity contribution in [3.8, 4) is 5.75 Å². The highest BCUT2D eigenvalue weighted by atomic mass is 16.7. The molecule has 3 heterocycles. The molecule has 0 bridgehead atoms. The normalized spacial score (nSPS) is 17.3.